The maximum absolute atomic E-state index is 11.4. The van der Waals surface area contributed by atoms with Crippen LogP contribution in [-0.4, -0.2) is 34.9 Å². The van der Waals surface area contributed by atoms with Crippen LogP contribution in [0, 0.1) is 0 Å². The second-order valence-electron chi connectivity index (χ2n) is 3.69. The third-order valence-corrected chi connectivity index (χ3v) is 3.69. The molecule has 0 bridgehead atoms. The SMILES string of the molecule is CN(C)[C@@](C)(CCCCN)C(=O)I. The van der Waals surface area contributed by atoms with E-state index in [0.717, 1.165) is 19.3 Å². The molecule has 78 valence electrons. The lowest BCUT2D eigenvalue weighted by Crippen LogP contribution is -2.46. The molecule has 2 N–H and O–H groups in total. The van der Waals surface area contributed by atoms with Crippen molar-refractivity contribution in [1.82, 2.24) is 4.90 Å². The zero-order chi connectivity index (χ0) is 10.5. The average Bonchev–Trinajstić information content (AvgIpc) is 2.03. The van der Waals surface area contributed by atoms with E-state index in [0.29, 0.717) is 6.54 Å². The minimum absolute atomic E-state index is 0.201. The van der Waals surface area contributed by atoms with E-state index in [1.54, 1.807) is 0 Å². The quantitative estimate of drug-likeness (QED) is 0.458. The number of hydrogen-bond donors (Lipinski definition) is 1. The monoisotopic (exact) mass is 298 g/mol. The summed E-state index contributed by atoms with van der Waals surface area (Å²) in [5.74, 6) is 0. The Labute approximate surface area is 94.2 Å². The molecule has 0 aliphatic carbocycles. The van der Waals surface area contributed by atoms with E-state index in [1.807, 2.05) is 48.5 Å². The number of carbonyl (C=O) groups is 1. The third-order valence-electron chi connectivity index (χ3n) is 2.53. The molecule has 0 saturated carbocycles. The Kier molecular flexibility index (Phi) is 6.07. The van der Waals surface area contributed by atoms with Crippen LogP contribution in [0.1, 0.15) is 26.2 Å². The van der Waals surface area contributed by atoms with Gasteiger partial charge in [-0.05, 0) is 46.8 Å². The normalized spacial score (nSPS) is 15.8. The van der Waals surface area contributed by atoms with Crippen molar-refractivity contribution in [3.63, 3.8) is 0 Å². The molecule has 0 amide bonds. The summed E-state index contributed by atoms with van der Waals surface area (Å²) in [5.41, 5.74) is 5.09. The molecular formula is C9H19IN2O. The Morgan fingerprint density at radius 1 is 1.46 bits per heavy atom. The van der Waals surface area contributed by atoms with Gasteiger partial charge in [0.2, 0.25) is 3.79 Å². The van der Waals surface area contributed by atoms with Gasteiger partial charge in [0.25, 0.3) is 0 Å². The first kappa shape index (κ1) is 13.3. The lowest BCUT2D eigenvalue weighted by Gasteiger charge is -2.33. The highest BCUT2D eigenvalue weighted by Crippen LogP contribution is 2.23. The number of nitrogens with two attached hydrogens (primary N) is 1. The molecule has 0 aliphatic rings. The van der Waals surface area contributed by atoms with Crippen LogP contribution >= 0.6 is 22.6 Å². The molecule has 0 radical (unpaired) electrons. The van der Waals surface area contributed by atoms with E-state index in [9.17, 15) is 4.79 Å². The van der Waals surface area contributed by atoms with E-state index >= 15 is 0 Å². The van der Waals surface area contributed by atoms with Gasteiger partial charge >= 0.3 is 0 Å². The molecule has 0 rings (SSSR count). The number of hydrogen-bond acceptors (Lipinski definition) is 3. The van der Waals surface area contributed by atoms with Gasteiger partial charge in [0.05, 0.1) is 5.54 Å². The summed E-state index contributed by atoms with van der Waals surface area (Å²) in [6.07, 6.45) is 2.90. The molecule has 0 aromatic rings. The van der Waals surface area contributed by atoms with Crippen LogP contribution in [0.3, 0.4) is 0 Å². The predicted octanol–water partition coefficient (Wildman–Crippen LogP) is 1.40. The highest BCUT2D eigenvalue weighted by molar-refractivity contribution is 14.1. The van der Waals surface area contributed by atoms with Gasteiger partial charge in [0.1, 0.15) is 0 Å². The van der Waals surface area contributed by atoms with Crippen molar-refractivity contribution in [2.75, 3.05) is 20.6 Å². The fourth-order valence-electron chi connectivity index (χ4n) is 1.11. The average molecular weight is 298 g/mol. The standard InChI is InChI=1S/C9H19IN2O/c1-9(8(10)13,12(2)3)6-4-5-7-11/h4-7,11H2,1-3H3/t9-/m0/s1. The highest BCUT2D eigenvalue weighted by atomic mass is 127. The number of carbonyl (C=O) groups excluding carboxylic acids is 1. The number of nitrogens with zero attached hydrogens (tertiary/aromatic N) is 1. The molecule has 0 heterocycles. The first-order chi connectivity index (χ1) is 5.95. The number of halogens is 1. The van der Waals surface area contributed by atoms with Gasteiger partial charge in [-0.1, -0.05) is 0 Å². The van der Waals surface area contributed by atoms with Crippen LogP contribution in [0.25, 0.3) is 0 Å². The minimum Gasteiger partial charge on any atom is -0.330 e. The predicted molar refractivity (Wildman–Crippen MR) is 64.0 cm³/mol. The maximum Gasteiger partial charge on any atom is 0.212 e. The molecule has 0 spiro atoms. The Balaban J connectivity index is 4.17. The van der Waals surface area contributed by atoms with Crippen molar-refractivity contribution in [3.05, 3.63) is 0 Å². The molecule has 13 heavy (non-hydrogen) atoms. The fraction of sp³-hybridized carbons (Fsp3) is 0.889. The van der Waals surface area contributed by atoms with Crippen molar-refractivity contribution >= 4 is 26.4 Å². The van der Waals surface area contributed by atoms with Gasteiger partial charge in [-0.15, -0.1) is 0 Å². The van der Waals surface area contributed by atoms with Crippen LogP contribution in [0.4, 0.5) is 0 Å². The van der Waals surface area contributed by atoms with Gasteiger partial charge in [-0.2, -0.15) is 0 Å². The second kappa shape index (κ2) is 5.93. The van der Waals surface area contributed by atoms with E-state index in [-0.39, 0.29) is 9.33 Å². The summed E-state index contributed by atoms with van der Waals surface area (Å²) in [6.45, 7) is 2.69. The van der Waals surface area contributed by atoms with E-state index in [2.05, 4.69) is 0 Å². The van der Waals surface area contributed by atoms with E-state index in [4.69, 9.17) is 5.73 Å². The minimum atomic E-state index is -0.324. The third kappa shape index (κ3) is 3.91. The Morgan fingerprint density at radius 2 is 2.00 bits per heavy atom. The van der Waals surface area contributed by atoms with E-state index in [1.165, 1.54) is 0 Å². The molecule has 0 aromatic heterocycles. The van der Waals surface area contributed by atoms with Gasteiger partial charge in [-0.3, -0.25) is 9.69 Å². The first-order valence-electron chi connectivity index (χ1n) is 4.52. The summed E-state index contributed by atoms with van der Waals surface area (Å²) in [4.78, 5) is 13.4. The number of rotatable bonds is 6. The van der Waals surface area contributed by atoms with Crippen molar-refractivity contribution in [2.24, 2.45) is 5.73 Å². The largest absolute Gasteiger partial charge is 0.330 e. The smallest absolute Gasteiger partial charge is 0.212 e. The van der Waals surface area contributed by atoms with Crippen molar-refractivity contribution in [2.45, 2.75) is 31.7 Å². The fourth-order valence-corrected chi connectivity index (χ4v) is 1.86. The number of likely N-dealkylation sites (N-methyl/N-ethyl adjacent to an activating group) is 1. The van der Waals surface area contributed by atoms with Crippen molar-refractivity contribution < 1.29 is 4.79 Å². The molecule has 0 aromatic carbocycles. The van der Waals surface area contributed by atoms with Crippen molar-refractivity contribution in [3.8, 4) is 0 Å². The van der Waals surface area contributed by atoms with Crippen LogP contribution in [0.5, 0.6) is 0 Å². The van der Waals surface area contributed by atoms with Crippen LogP contribution in [0.15, 0.2) is 0 Å². The zero-order valence-corrected chi connectivity index (χ0v) is 10.8. The molecule has 3 nitrogen and oxygen atoms in total. The highest BCUT2D eigenvalue weighted by Gasteiger charge is 2.32. The van der Waals surface area contributed by atoms with Gasteiger partial charge in [0.15, 0.2) is 0 Å². The van der Waals surface area contributed by atoms with Crippen molar-refractivity contribution in [1.29, 1.82) is 0 Å². The molecule has 0 aliphatic heterocycles. The topological polar surface area (TPSA) is 46.3 Å². The van der Waals surface area contributed by atoms with Crippen LogP contribution in [-0.2, 0) is 4.79 Å². The second-order valence-corrected chi connectivity index (χ2v) is 4.67. The number of unbranched alkanes of at least 4 members (excludes halogenated alkanes) is 1. The molecule has 4 heteroatoms. The molecule has 0 saturated heterocycles. The van der Waals surface area contributed by atoms with E-state index < -0.39 is 0 Å². The Hall–Kier alpha value is 0.320. The Bertz CT molecular complexity index is 173. The lowest BCUT2D eigenvalue weighted by atomic mass is 9.95. The first-order valence-corrected chi connectivity index (χ1v) is 5.60. The molecule has 0 unspecified atom stereocenters. The molecular weight excluding hydrogens is 279 g/mol. The van der Waals surface area contributed by atoms with Gasteiger partial charge in [-0.25, -0.2) is 0 Å². The maximum atomic E-state index is 11.4. The molecule has 0 fully saturated rings. The summed E-state index contributed by atoms with van der Waals surface area (Å²) in [5, 5.41) is 0. The lowest BCUT2D eigenvalue weighted by molar-refractivity contribution is -0.118. The summed E-state index contributed by atoms with van der Waals surface area (Å²) in [7, 11) is 3.89. The van der Waals surface area contributed by atoms with Gasteiger partial charge < -0.3 is 5.73 Å². The van der Waals surface area contributed by atoms with Crippen LogP contribution < -0.4 is 5.73 Å². The van der Waals surface area contributed by atoms with Crippen LogP contribution in [0.2, 0.25) is 0 Å². The zero-order valence-electron chi connectivity index (χ0n) is 8.64. The molecule has 1 atom stereocenters. The summed E-state index contributed by atoms with van der Waals surface area (Å²) in [6, 6.07) is 0. The summed E-state index contributed by atoms with van der Waals surface area (Å²) < 4.78 is 0.201. The Morgan fingerprint density at radius 3 is 2.31 bits per heavy atom. The summed E-state index contributed by atoms with van der Waals surface area (Å²) >= 11 is 1.88. The van der Waals surface area contributed by atoms with Gasteiger partial charge in [0, 0.05) is 22.6 Å².